The van der Waals surface area contributed by atoms with Crippen molar-refractivity contribution in [2.75, 3.05) is 17.2 Å². The van der Waals surface area contributed by atoms with Crippen molar-refractivity contribution in [2.24, 2.45) is 0 Å². The van der Waals surface area contributed by atoms with E-state index in [2.05, 4.69) is 16.0 Å². The molecule has 3 aromatic carbocycles. The number of hydrogen-bond acceptors (Lipinski definition) is 3. The van der Waals surface area contributed by atoms with Gasteiger partial charge in [0.1, 0.15) is 6.04 Å². The van der Waals surface area contributed by atoms with Gasteiger partial charge in [0, 0.05) is 11.4 Å². The lowest BCUT2D eigenvalue weighted by Crippen LogP contribution is -2.38. The van der Waals surface area contributed by atoms with Crippen LogP contribution in [0.15, 0.2) is 66.7 Å². The lowest BCUT2D eigenvalue weighted by atomic mass is 10.0. The molecule has 2 amide bonds. The summed E-state index contributed by atoms with van der Waals surface area (Å²) in [5, 5.41) is 9.09. The minimum Gasteiger partial charge on any atom is -0.324 e. The van der Waals surface area contributed by atoms with Crippen molar-refractivity contribution in [1.82, 2.24) is 5.32 Å². The van der Waals surface area contributed by atoms with Gasteiger partial charge in [-0.1, -0.05) is 60.7 Å². The summed E-state index contributed by atoms with van der Waals surface area (Å²) in [6, 6.07) is 20.6. The Kier molecular flexibility index (Phi) is 7.21. The van der Waals surface area contributed by atoms with E-state index in [-0.39, 0.29) is 18.4 Å². The summed E-state index contributed by atoms with van der Waals surface area (Å²) >= 11 is 0. The quantitative estimate of drug-likeness (QED) is 0.518. The highest BCUT2D eigenvalue weighted by atomic mass is 16.2. The third-order valence-corrected chi connectivity index (χ3v) is 5.26. The van der Waals surface area contributed by atoms with E-state index < -0.39 is 6.04 Å². The third-order valence-electron chi connectivity index (χ3n) is 5.26. The molecule has 0 saturated heterocycles. The molecule has 5 nitrogen and oxygen atoms in total. The molecule has 160 valence electrons. The fraction of sp³-hybridized carbons (Fsp3) is 0.231. The van der Waals surface area contributed by atoms with Gasteiger partial charge in [-0.25, -0.2) is 0 Å². The second kappa shape index (κ2) is 10.0. The molecule has 1 atom stereocenters. The third kappa shape index (κ3) is 5.80. The van der Waals surface area contributed by atoms with Crippen LogP contribution in [0.4, 0.5) is 11.4 Å². The first-order valence-electron chi connectivity index (χ1n) is 10.4. The van der Waals surface area contributed by atoms with E-state index >= 15 is 0 Å². The van der Waals surface area contributed by atoms with Crippen LogP contribution in [0.2, 0.25) is 0 Å². The highest BCUT2D eigenvalue weighted by Gasteiger charge is 2.22. The van der Waals surface area contributed by atoms with Crippen LogP contribution in [0.25, 0.3) is 0 Å². The normalized spacial score (nSPS) is 11.6. The zero-order chi connectivity index (χ0) is 22.4. The number of anilines is 2. The molecule has 0 saturated carbocycles. The maximum Gasteiger partial charge on any atom is 0.246 e. The molecule has 0 spiro atoms. The molecular formula is C26H29N3O2. The zero-order valence-electron chi connectivity index (χ0n) is 18.5. The van der Waals surface area contributed by atoms with Crippen LogP contribution >= 0.6 is 0 Å². The van der Waals surface area contributed by atoms with E-state index in [9.17, 15) is 9.59 Å². The summed E-state index contributed by atoms with van der Waals surface area (Å²) in [5.74, 6) is -0.405. The van der Waals surface area contributed by atoms with Crippen LogP contribution in [-0.4, -0.2) is 18.4 Å². The van der Waals surface area contributed by atoms with E-state index in [0.717, 1.165) is 39.2 Å². The molecule has 0 radical (unpaired) electrons. The van der Waals surface area contributed by atoms with Gasteiger partial charge in [-0.3, -0.25) is 14.9 Å². The summed E-state index contributed by atoms with van der Waals surface area (Å²) in [6.45, 7) is 7.87. The van der Waals surface area contributed by atoms with Crippen molar-refractivity contribution < 1.29 is 9.59 Å². The predicted molar refractivity (Wildman–Crippen MR) is 126 cm³/mol. The van der Waals surface area contributed by atoms with Crippen LogP contribution in [0.3, 0.4) is 0 Å². The topological polar surface area (TPSA) is 70.2 Å². The number of benzene rings is 3. The molecule has 31 heavy (non-hydrogen) atoms. The van der Waals surface area contributed by atoms with Crippen molar-refractivity contribution in [3.05, 3.63) is 94.5 Å². The van der Waals surface area contributed by atoms with Crippen LogP contribution in [-0.2, 0) is 9.59 Å². The number of hydrogen-bond donors (Lipinski definition) is 3. The standard InChI is InChI=1S/C26H29N3O2/c1-17-13-14-18(2)22(15-17)28-26(31)25(21-11-6-5-7-12-21)27-16-23(30)29-24-19(3)9-8-10-20(24)4/h5-15,25,27H,16H2,1-4H3,(H,28,31)(H,29,30)/t25-/m1/s1. The largest absolute Gasteiger partial charge is 0.324 e. The summed E-state index contributed by atoms with van der Waals surface area (Å²) in [4.78, 5) is 25.8. The van der Waals surface area contributed by atoms with E-state index in [4.69, 9.17) is 0 Å². The van der Waals surface area contributed by atoms with Crippen LogP contribution in [0.5, 0.6) is 0 Å². The second-order valence-corrected chi connectivity index (χ2v) is 7.85. The average molecular weight is 416 g/mol. The minimum atomic E-state index is -0.662. The van der Waals surface area contributed by atoms with E-state index in [0.29, 0.717) is 0 Å². The highest BCUT2D eigenvalue weighted by Crippen LogP contribution is 2.21. The van der Waals surface area contributed by atoms with Gasteiger partial charge >= 0.3 is 0 Å². The number of carbonyl (C=O) groups is 2. The Labute approximate surface area is 183 Å². The molecule has 5 heteroatoms. The second-order valence-electron chi connectivity index (χ2n) is 7.85. The molecule has 0 aliphatic heterocycles. The van der Waals surface area contributed by atoms with Crippen LogP contribution < -0.4 is 16.0 Å². The van der Waals surface area contributed by atoms with Gasteiger partial charge in [-0.15, -0.1) is 0 Å². The van der Waals surface area contributed by atoms with Crippen molar-refractivity contribution in [3.8, 4) is 0 Å². The number of carbonyl (C=O) groups excluding carboxylic acids is 2. The highest BCUT2D eigenvalue weighted by molar-refractivity contribution is 5.98. The van der Waals surface area contributed by atoms with Crippen LogP contribution in [0.1, 0.15) is 33.9 Å². The molecule has 0 heterocycles. The van der Waals surface area contributed by atoms with E-state index in [1.807, 2.05) is 94.4 Å². The summed E-state index contributed by atoms with van der Waals surface area (Å²) in [7, 11) is 0. The Balaban J connectivity index is 1.74. The molecule has 3 N–H and O–H groups in total. The fourth-order valence-electron chi connectivity index (χ4n) is 3.47. The number of nitrogens with one attached hydrogen (secondary N) is 3. The number of aryl methyl sites for hydroxylation is 4. The molecule has 0 aromatic heterocycles. The van der Waals surface area contributed by atoms with E-state index in [1.54, 1.807) is 0 Å². The molecular weight excluding hydrogens is 386 g/mol. The Morgan fingerprint density at radius 1 is 0.774 bits per heavy atom. The predicted octanol–water partition coefficient (Wildman–Crippen LogP) is 4.83. The molecule has 0 aliphatic rings. The summed E-state index contributed by atoms with van der Waals surface area (Å²) in [6.07, 6.45) is 0. The maximum absolute atomic E-state index is 13.2. The summed E-state index contributed by atoms with van der Waals surface area (Å²) in [5.41, 5.74) is 6.43. The van der Waals surface area contributed by atoms with Gasteiger partial charge < -0.3 is 10.6 Å². The lowest BCUT2D eigenvalue weighted by molar-refractivity contribution is -0.119. The van der Waals surface area contributed by atoms with Crippen LogP contribution in [0, 0.1) is 27.7 Å². The Morgan fingerprint density at radius 2 is 1.45 bits per heavy atom. The van der Waals surface area contributed by atoms with Crippen molar-refractivity contribution >= 4 is 23.2 Å². The first-order valence-corrected chi connectivity index (χ1v) is 10.4. The number of amides is 2. The molecule has 0 unspecified atom stereocenters. The number of rotatable bonds is 7. The molecule has 0 fully saturated rings. The van der Waals surface area contributed by atoms with Gasteiger partial charge in [0.2, 0.25) is 11.8 Å². The molecule has 3 rings (SSSR count). The first kappa shape index (κ1) is 22.2. The van der Waals surface area contributed by atoms with E-state index in [1.165, 1.54) is 0 Å². The Bertz CT molecular complexity index is 1060. The Hall–Kier alpha value is -3.44. The fourth-order valence-corrected chi connectivity index (χ4v) is 3.47. The smallest absolute Gasteiger partial charge is 0.246 e. The van der Waals surface area contributed by atoms with Gasteiger partial charge in [0.15, 0.2) is 0 Å². The Morgan fingerprint density at radius 3 is 2.13 bits per heavy atom. The van der Waals surface area contributed by atoms with Crippen molar-refractivity contribution in [2.45, 2.75) is 33.7 Å². The average Bonchev–Trinajstić information content (AvgIpc) is 2.74. The first-order chi connectivity index (χ1) is 14.8. The van der Waals surface area contributed by atoms with Gasteiger partial charge in [0.05, 0.1) is 6.54 Å². The zero-order valence-corrected chi connectivity index (χ0v) is 18.5. The van der Waals surface area contributed by atoms with Gasteiger partial charge in [-0.05, 0) is 61.6 Å². The maximum atomic E-state index is 13.2. The molecule has 0 bridgehead atoms. The number of para-hydroxylation sites is 1. The monoisotopic (exact) mass is 415 g/mol. The van der Waals surface area contributed by atoms with Crippen molar-refractivity contribution in [1.29, 1.82) is 0 Å². The SMILES string of the molecule is Cc1ccc(C)c(NC(=O)[C@H](NCC(=O)Nc2c(C)cccc2C)c2ccccc2)c1. The van der Waals surface area contributed by atoms with Gasteiger partial charge in [0.25, 0.3) is 0 Å². The van der Waals surface area contributed by atoms with Gasteiger partial charge in [-0.2, -0.15) is 0 Å². The summed E-state index contributed by atoms with van der Waals surface area (Å²) < 4.78 is 0. The molecule has 3 aromatic rings. The minimum absolute atomic E-state index is 0.00749. The molecule has 0 aliphatic carbocycles. The lowest BCUT2D eigenvalue weighted by Gasteiger charge is -2.20. The van der Waals surface area contributed by atoms with Crippen molar-refractivity contribution in [3.63, 3.8) is 0 Å².